The molecule has 2 fully saturated rings. The second kappa shape index (κ2) is 6.07. The normalized spacial score (nSPS) is 29.6. The summed E-state index contributed by atoms with van der Waals surface area (Å²) in [5, 5.41) is 3.72. The molecule has 3 heteroatoms. The minimum atomic E-state index is 0.494. The Balaban J connectivity index is 1.83. The van der Waals surface area contributed by atoms with Crippen LogP contribution < -0.4 is 10.1 Å². The van der Waals surface area contributed by atoms with Crippen LogP contribution in [0.15, 0.2) is 22.7 Å². The fraction of sp³-hybridized carbons (Fsp3) is 0.647. The van der Waals surface area contributed by atoms with E-state index in [2.05, 4.69) is 46.4 Å². The van der Waals surface area contributed by atoms with Crippen LogP contribution in [0.1, 0.15) is 44.2 Å². The summed E-state index contributed by atoms with van der Waals surface area (Å²) >= 11 is 3.73. The highest BCUT2D eigenvalue weighted by Gasteiger charge is 2.54. The van der Waals surface area contributed by atoms with Gasteiger partial charge in [-0.25, -0.2) is 0 Å². The molecule has 20 heavy (non-hydrogen) atoms. The average molecular weight is 338 g/mol. The lowest BCUT2D eigenvalue weighted by Gasteiger charge is -2.21. The zero-order valence-electron chi connectivity index (χ0n) is 12.4. The molecule has 1 aromatic rings. The second-order valence-corrected chi connectivity index (χ2v) is 6.97. The molecule has 0 amide bonds. The van der Waals surface area contributed by atoms with E-state index in [9.17, 15) is 0 Å². The Kier molecular flexibility index (Phi) is 4.37. The predicted molar refractivity (Wildman–Crippen MR) is 86.0 cm³/mol. The summed E-state index contributed by atoms with van der Waals surface area (Å²) < 4.78 is 6.48. The average Bonchev–Trinajstić information content (AvgIpc) is 3.19. The molecule has 2 nitrogen and oxygen atoms in total. The van der Waals surface area contributed by atoms with Gasteiger partial charge in [0.05, 0.1) is 7.11 Å². The number of rotatable bonds is 5. The first-order chi connectivity index (χ1) is 9.76. The van der Waals surface area contributed by atoms with Gasteiger partial charge >= 0.3 is 0 Å². The topological polar surface area (TPSA) is 21.3 Å². The van der Waals surface area contributed by atoms with E-state index in [0.29, 0.717) is 6.04 Å². The van der Waals surface area contributed by atoms with Gasteiger partial charge in [-0.05, 0) is 54.8 Å². The molecule has 110 valence electrons. The van der Waals surface area contributed by atoms with Gasteiger partial charge in [-0.1, -0.05) is 41.8 Å². The van der Waals surface area contributed by atoms with Gasteiger partial charge in [0.25, 0.3) is 0 Å². The monoisotopic (exact) mass is 337 g/mol. The molecule has 1 aromatic carbocycles. The van der Waals surface area contributed by atoms with Gasteiger partial charge in [0.15, 0.2) is 0 Å². The van der Waals surface area contributed by atoms with Gasteiger partial charge in [-0.3, -0.25) is 0 Å². The first-order valence-electron chi connectivity index (χ1n) is 7.83. The van der Waals surface area contributed by atoms with Gasteiger partial charge in [-0.2, -0.15) is 0 Å². The minimum absolute atomic E-state index is 0.494. The van der Waals surface area contributed by atoms with Crippen molar-refractivity contribution in [2.75, 3.05) is 13.7 Å². The van der Waals surface area contributed by atoms with E-state index in [1.54, 1.807) is 7.11 Å². The molecule has 0 aliphatic heterocycles. The third kappa shape index (κ3) is 2.62. The molecular formula is C17H24BrNO. The lowest BCUT2D eigenvalue weighted by molar-refractivity contribution is 0.412. The van der Waals surface area contributed by atoms with Crippen molar-refractivity contribution in [3.63, 3.8) is 0 Å². The molecular weight excluding hydrogens is 314 g/mol. The summed E-state index contributed by atoms with van der Waals surface area (Å²) in [5.74, 6) is 3.68. The van der Waals surface area contributed by atoms with Crippen LogP contribution in [-0.2, 0) is 0 Å². The maximum absolute atomic E-state index is 5.31. The van der Waals surface area contributed by atoms with Gasteiger partial charge < -0.3 is 10.1 Å². The predicted octanol–water partition coefficient (Wildman–Crippen LogP) is 4.54. The van der Waals surface area contributed by atoms with E-state index in [1.165, 1.54) is 35.7 Å². The van der Waals surface area contributed by atoms with Crippen molar-refractivity contribution in [3.8, 4) is 5.75 Å². The summed E-state index contributed by atoms with van der Waals surface area (Å²) in [7, 11) is 1.72. The van der Waals surface area contributed by atoms with Crippen molar-refractivity contribution >= 4 is 15.9 Å². The summed E-state index contributed by atoms with van der Waals surface area (Å²) in [6.45, 7) is 3.23. The number of fused-ring (bicyclic) bond motifs is 1. The molecule has 0 saturated heterocycles. The fourth-order valence-corrected chi connectivity index (χ4v) is 4.71. The van der Waals surface area contributed by atoms with Gasteiger partial charge in [0.2, 0.25) is 0 Å². The Morgan fingerprint density at radius 2 is 2.00 bits per heavy atom. The van der Waals surface area contributed by atoms with Crippen LogP contribution in [0.4, 0.5) is 0 Å². The highest BCUT2D eigenvalue weighted by Crippen LogP contribution is 2.60. The lowest BCUT2D eigenvalue weighted by atomic mass is 9.99. The number of methoxy groups -OCH3 is 1. The Morgan fingerprint density at radius 3 is 2.55 bits per heavy atom. The van der Waals surface area contributed by atoms with Crippen molar-refractivity contribution in [2.45, 2.75) is 38.6 Å². The molecule has 3 atom stereocenters. The number of hydrogen-bond acceptors (Lipinski definition) is 2. The van der Waals surface area contributed by atoms with E-state index in [0.717, 1.165) is 30.0 Å². The van der Waals surface area contributed by atoms with Gasteiger partial charge in [-0.15, -0.1) is 0 Å². The number of ether oxygens (including phenoxy) is 1. The van der Waals surface area contributed by atoms with Crippen LogP contribution in [0.25, 0.3) is 0 Å². The van der Waals surface area contributed by atoms with E-state index in [-0.39, 0.29) is 0 Å². The van der Waals surface area contributed by atoms with E-state index in [1.807, 2.05) is 0 Å². The number of nitrogens with one attached hydrogen (secondary N) is 1. The maximum Gasteiger partial charge on any atom is 0.120 e. The molecule has 0 aromatic heterocycles. The number of halogens is 1. The molecule has 2 saturated carbocycles. The minimum Gasteiger partial charge on any atom is -0.497 e. The van der Waals surface area contributed by atoms with Crippen molar-refractivity contribution in [1.82, 2.24) is 5.32 Å². The van der Waals surface area contributed by atoms with Crippen LogP contribution in [0.3, 0.4) is 0 Å². The molecule has 3 unspecified atom stereocenters. The smallest absolute Gasteiger partial charge is 0.120 e. The number of hydrogen-bond donors (Lipinski definition) is 1. The van der Waals surface area contributed by atoms with Crippen molar-refractivity contribution < 1.29 is 4.74 Å². The summed E-state index contributed by atoms with van der Waals surface area (Å²) in [4.78, 5) is 0. The maximum atomic E-state index is 5.31. The molecule has 2 aliphatic carbocycles. The first-order valence-corrected chi connectivity index (χ1v) is 8.62. The van der Waals surface area contributed by atoms with Crippen LogP contribution >= 0.6 is 15.9 Å². The summed E-state index contributed by atoms with van der Waals surface area (Å²) in [6, 6.07) is 6.89. The summed E-state index contributed by atoms with van der Waals surface area (Å²) in [6.07, 6.45) is 5.73. The first kappa shape index (κ1) is 14.4. The van der Waals surface area contributed by atoms with Crippen LogP contribution in [0.5, 0.6) is 5.75 Å². The molecule has 0 heterocycles. The third-order valence-electron chi connectivity index (χ3n) is 5.07. The zero-order valence-corrected chi connectivity index (χ0v) is 13.9. The van der Waals surface area contributed by atoms with Crippen LogP contribution in [0, 0.1) is 17.8 Å². The molecule has 0 spiro atoms. The third-order valence-corrected chi connectivity index (χ3v) is 5.76. The van der Waals surface area contributed by atoms with Gasteiger partial charge in [0.1, 0.15) is 5.75 Å². The molecule has 1 N–H and O–H groups in total. The second-order valence-electron chi connectivity index (χ2n) is 6.11. The zero-order chi connectivity index (χ0) is 14.1. The molecule has 0 bridgehead atoms. The van der Waals surface area contributed by atoms with Crippen LogP contribution in [-0.4, -0.2) is 13.7 Å². The Labute approximate surface area is 130 Å². The van der Waals surface area contributed by atoms with Crippen molar-refractivity contribution in [1.29, 1.82) is 0 Å². The lowest BCUT2D eigenvalue weighted by Crippen LogP contribution is -2.24. The standard InChI is InChI=1S/C17H24BrNO/c1-3-19-17(16-12-6-4-5-7-13(12)16)14-9-8-11(20-2)10-15(14)18/h8-10,12-13,16-17,19H,3-7H2,1-2H3. The largest absolute Gasteiger partial charge is 0.497 e. The van der Waals surface area contributed by atoms with Crippen molar-refractivity contribution in [2.24, 2.45) is 17.8 Å². The van der Waals surface area contributed by atoms with Gasteiger partial charge in [0, 0.05) is 10.5 Å². The van der Waals surface area contributed by atoms with E-state index < -0.39 is 0 Å². The Bertz CT molecular complexity index is 464. The quantitative estimate of drug-likeness (QED) is 0.851. The highest BCUT2D eigenvalue weighted by molar-refractivity contribution is 9.10. The fourth-order valence-electron chi connectivity index (χ4n) is 4.10. The number of benzene rings is 1. The SMILES string of the molecule is CCNC(c1ccc(OC)cc1Br)C1C2CCCCC21. The van der Waals surface area contributed by atoms with E-state index >= 15 is 0 Å². The van der Waals surface area contributed by atoms with Crippen molar-refractivity contribution in [3.05, 3.63) is 28.2 Å². The molecule has 0 radical (unpaired) electrons. The van der Waals surface area contributed by atoms with Crippen LogP contribution in [0.2, 0.25) is 0 Å². The molecule has 2 aliphatic rings. The Morgan fingerprint density at radius 1 is 1.30 bits per heavy atom. The highest BCUT2D eigenvalue weighted by atomic mass is 79.9. The summed E-state index contributed by atoms with van der Waals surface area (Å²) in [5.41, 5.74) is 1.40. The Hall–Kier alpha value is -0.540. The molecule has 3 rings (SSSR count). The van der Waals surface area contributed by atoms with E-state index in [4.69, 9.17) is 4.74 Å².